The Morgan fingerprint density at radius 3 is 2.93 bits per heavy atom. The number of nitrogens with two attached hydrogens (primary N) is 1. The number of anilines is 1. The molecule has 0 aliphatic heterocycles. The second-order valence-electron chi connectivity index (χ2n) is 6.07. The van der Waals surface area contributed by atoms with Gasteiger partial charge in [0.05, 0.1) is 23.7 Å². The van der Waals surface area contributed by atoms with Crippen LogP contribution in [0.15, 0.2) is 52.2 Å². The van der Waals surface area contributed by atoms with Crippen LogP contribution in [0.5, 0.6) is 0 Å². The molecule has 2 N–H and O–H groups in total. The van der Waals surface area contributed by atoms with Crippen LogP contribution in [0, 0.1) is 0 Å². The van der Waals surface area contributed by atoms with Crippen LogP contribution in [0.1, 0.15) is 5.56 Å². The molecule has 4 aromatic rings. The van der Waals surface area contributed by atoms with Crippen molar-refractivity contribution in [2.24, 2.45) is 0 Å². The quantitative estimate of drug-likeness (QED) is 0.385. The van der Waals surface area contributed by atoms with Crippen molar-refractivity contribution in [3.63, 3.8) is 0 Å². The fourth-order valence-corrected chi connectivity index (χ4v) is 5.25. The van der Waals surface area contributed by atoms with Crippen LogP contribution in [-0.2, 0) is 17.0 Å². The third-order valence-corrected chi connectivity index (χ3v) is 6.86. The summed E-state index contributed by atoms with van der Waals surface area (Å²) in [5.74, 6) is 1.56. The molecule has 0 bridgehead atoms. The maximum atomic E-state index is 6.41. The molecule has 1 aromatic carbocycles. The van der Waals surface area contributed by atoms with Gasteiger partial charge < -0.3 is 10.5 Å². The van der Waals surface area contributed by atoms with Crippen molar-refractivity contribution < 1.29 is 4.74 Å². The Bertz CT molecular complexity index is 1110. The van der Waals surface area contributed by atoms with Gasteiger partial charge in [0, 0.05) is 28.9 Å². The van der Waals surface area contributed by atoms with Crippen LogP contribution in [0.3, 0.4) is 0 Å². The molecule has 0 saturated heterocycles. The smallest absolute Gasteiger partial charge is 0.191 e. The third kappa shape index (κ3) is 3.93. The van der Waals surface area contributed by atoms with E-state index >= 15 is 0 Å². The van der Waals surface area contributed by atoms with Gasteiger partial charge in [-0.2, -0.15) is 0 Å². The molecule has 0 spiro atoms. The van der Waals surface area contributed by atoms with Crippen molar-refractivity contribution in [3.8, 4) is 10.7 Å². The van der Waals surface area contributed by atoms with Crippen molar-refractivity contribution in [1.82, 2.24) is 19.7 Å². The van der Waals surface area contributed by atoms with E-state index in [1.807, 2.05) is 24.3 Å². The highest BCUT2D eigenvalue weighted by Crippen LogP contribution is 2.40. The summed E-state index contributed by atoms with van der Waals surface area (Å²) in [6, 6.07) is 12.1. The van der Waals surface area contributed by atoms with E-state index in [2.05, 4.69) is 47.8 Å². The molecule has 0 fully saturated rings. The molecule has 0 aliphatic rings. The van der Waals surface area contributed by atoms with Gasteiger partial charge in [0.2, 0.25) is 0 Å². The fraction of sp³-hybridized carbons (Fsp3) is 0.211. The summed E-state index contributed by atoms with van der Waals surface area (Å²) in [6.07, 6.45) is 1.77. The normalized spacial score (nSPS) is 11.4. The summed E-state index contributed by atoms with van der Waals surface area (Å²) in [5, 5.41) is 10.7. The molecule has 3 heterocycles. The topological polar surface area (TPSA) is 78.8 Å². The molecule has 3 aromatic heterocycles. The number of ether oxygens (including phenoxy) is 1. The number of methoxy groups -OCH3 is 1. The summed E-state index contributed by atoms with van der Waals surface area (Å²) in [6.45, 7) is 1.22. The van der Waals surface area contributed by atoms with Gasteiger partial charge in [-0.1, -0.05) is 39.8 Å². The summed E-state index contributed by atoms with van der Waals surface area (Å²) in [4.78, 5) is 6.22. The van der Waals surface area contributed by atoms with Gasteiger partial charge in [0.25, 0.3) is 0 Å². The minimum Gasteiger partial charge on any atom is -0.397 e. The molecular weight excluding hydrogens is 458 g/mol. The highest BCUT2D eigenvalue weighted by molar-refractivity contribution is 9.10. The number of hydrogen-bond donors (Lipinski definition) is 1. The molecule has 0 aliphatic carbocycles. The van der Waals surface area contributed by atoms with Gasteiger partial charge in [-0.05, 0) is 29.8 Å². The molecule has 28 heavy (non-hydrogen) atoms. The molecule has 0 radical (unpaired) electrons. The summed E-state index contributed by atoms with van der Waals surface area (Å²) in [5.41, 5.74) is 8.32. The zero-order valence-electron chi connectivity index (χ0n) is 15.1. The number of halogens is 1. The number of thiophene rings is 1. The molecule has 0 saturated carbocycles. The summed E-state index contributed by atoms with van der Waals surface area (Å²) in [7, 11) is 1.69. The zero-order chi connectivity index (χ0) is 19.5. The first-order valence-electron chi connectivity index (χ1n) is 8.60. The minimum atomic E-state index is 0.568. The largest absolute Gasteiger partial charge is 0.397 e. The Balaban J connectivity index is 1.68. The molecule has 0 unspecified atom stereocenters. The van der Waals surface area contributed by atoms with Crippen molar-refractivity contribution >= 4 is 54.9 Å². The van der Waals surface area contributed by atoms with Crippen molar-refractivity contribution in [2.75, 3.05) is 19.5 Å². The second kappa shape index (κ2) is 8.60. The van der Waals surface area contributed by atoms with E-state index in [9.17, 15) is 0 Å². The zero-order valence-corrected chi connectivity index (χ0v) is 18.4. The number of nitrogen functional groups attached to an aromatic ring is 1. The number of pyridine rings is 1. The molecule has 4 rings (SSSR count). The Morgan fingerprint density at radius 1 is 1.25 bits per heavy atom. The Kier molecular flexibility index (Phi) is 5.96. The number of fused-ring (bicyclic) bond motifs is 1. The third-order valence-electron chi connectivity index (χ3n) is 4.20. The highest BCUT2D eigenvalue weighted by Gasteiger charge is 2.20. The highest BCUT2D eigenvalue weighted by atomic mass is 79.9. The second-order valence-corrected chi connectivity index (χ2v) is 8.93. The van der Waals surface area contributed by atoms with Crippen LogP contribution in [0.4, 0.5) is 5.69 Å². The maximum absolute atomic E-state index is 6.41. The van der Waals surface area contributed by atoms with Gasteiger partial charge in [0.1, 0.15) is 4.83 Å². The number of aromatic nitrogens is 4. The predicted molar refractivity (Wildman–Crippen MR) is 119 cm³/mol. The Labute approximate surface area is 179 Å². The number of benzene rings is 1. The molecule has 9 heteroatoms. The van der Waals surface area contributed by atoms with E-state index in [-0.39, 0.29) is 0 Å². The first-order valence-corrected chi connectivity index (χ1v) is 11.2. The molecule has 0 atom stereocenters. The summed E-state index contributed by atoms with van der Waals surface area (Å²) >= 11 is 6.71. The molecule has 6 nitrogen and oxygen atoms in total. The van der Waals surface area contributed by atoms with Crippen LogP contribution >= 0.6 is 39.0 Å². The van der Waals surface area contributed by atoms with E-state index in [1.165, 1.54) is 16.9 Å². The van der Waals surface area contributed by atoms with Gasteiger partial charge in [0.15, 0.2) is 11.0 Å². The predicted octanol–water partition coefficient (Wildman–Crippen LogP) is 4.84. The van der Waals surface area contributed by atoms with Crippen LogP contribution in [0.25, 0.3) is 20.9 Å². The first kappa shape index (κ1) is 19.4. The number of nitrogens with zero attached hydrogens (tertiary/aromatic N) is 4. The number of hydrogen-bond acceptors (Lipinski definition) is 7. The SMILES string of the molecule is COCCn1c(SCc2cccc(Br)c2)nnc1-c1sc2ncccc2c1N. The minimum absolute atomic E-state index is 0.568. The lowest BCUT2D eigenvalue weighted by Gasteiger charge is -2.09. The molecule has 0 amide bonds. The van der Waals surface area contributed by atoms with E-state index in [4.69, 9.17) is 10.5 Å². The van der Waals surface area contributed by atoms with Gasteiger partial charge in [-0.15, -0.1) is 21.5 Å². The van der Waals surface area contributed by atoms with Crippen molar-refractivity contribution in [1.29, 1.82) is 0 Å². The monoisotopic (exact) mass is 475 g/mol. The van der Waals surface area contributed by atoms with E-state index in [0.29, 0.717) is 18.8 Å². The molecule has 144 valence electrons. The number of rotatable bonds is 7. The van der Waals surface area contributed by atoms with E-state index in [1.54, 1.807) is 25.1 Å². The lowest BCUT2D eigenvalue weighted by Crippen LogP contribution is -2.07. The van der Waals surface area contributed by atoms with Crippen LogP contribution in [-0.4, -0.2) is 33.5 Å². The standard InChI is InChI=1S/C19H18BrN5OS2/c1-26-9-8-25-17(16-15(21)14-6-3-7-22-18(14)28-16)23-24-19(25)27-11-12-4-2-5-13(20)10-12/h2-7,10H,8-9,11,21H2,1H3. The van der Waals surface area contributed by atoms with E-state index in [0.717, 1.165) is 36.3 Å². The van der Waals surface area contributed by atoms with E-state index < -0.39 is 0 Å². The van der Waals surface area contributed by atoms with Gasteiger partial charge >= 0.3 is 0 Å². The number of thioether (sulfide) groups is 1. The van der Waals surface area contributed by atoms with Crippen molar-refractivity contribution in [3.05, 3.63) is 52.6 Å². The molecular formula is C19H18BrN5OS2. The average molecular weight is 476 g/mol. The van der Waals surface area contributed by atoms with Crippen LogP contribution < -0.4 is 5.73 Å². The van der Waals surface area contributed by atoms with Crippen molar-refractivity contribution in [2.45, 2.75) is 17.5 Å². The fourth-order valence-electron chi connectivity index (χ4n) is 2.84. The lowest BCUT2D eigenvalue weighted by molar-refractivity contribution is 0.185. The maximum Gasteiger partial charge on any atom is 0.191 e. The van der Waals surface area contributed by atoms with Gasteiger partial charge in [-0.3, -0.25) is 4.57 Å². The van der Waals surface area contributed by atoms with Gasteiger partial charge in [-0.25, -0.2) is 4.98 Å². The Hall–Kier alpha value is -1.94. The van der Waals surface area contributed by atoms with Crippen LogP contribution in [0.2, 0.25) is 0 Å². The summed E-state index contributed by atoms with van der Waals surface area (Å²) < 4.78 is 8.44. The Morgan fingerprint density at radius 2 is 2.14 bits per heavy atom. The average Bonchev–Trinajstić information content (AvgIpc) is 3.25. The lowest BCUT2D eigenvalue weighted by atomic mass is 10.2. The first-order chi connectivity index (χ1) is 13.7.